The summed E-state index contributed by atoms with van der Waals surface area (Å²) >= 11 is 0. The lowest BCUT2D eigenvalue weighted by atomic mass is 10.0. The van der Waals surface area contributed by atoms with Crippen LogP contribution in [-0.2, 0) is 17.9 Å². The molecule has 6 heteroatoms. The fourth-order valence-electron chi connectivity index (χ4n) is 3.05. The summed E-state index contributed by atoms with van der Waals surface area (Å²) in [5.74, 6) is -0.498. The quantitative estimate of drug-likeness (QED) is 0.838. The van der Waals surface area contributed by atoms with Crippen molar-refractivity contribution in [3.8, 4) is 0 Å². The van der Waals surface area contributed by atoms with Gasteiger partial charge in [-0.25, -0.2) is 4.39 Å². The van der Waals surface area contributed by atoms with Gasteiger partial charge in [-0.15, -0.1) is 0 Å². The molecule has 1 N–H and O–H groups in total. The van der Waals surface area contributed by atoms with E-state index in [1.54, 1.807) is 17.0 Å². The van der Waals surface area contributed by atoms with Crippen LogP contribution >= 0.6 is 0 Å². The minimum atomic E-state index is -0.540. The smallest absolute Gasteiger partial charge is 0.242 e. The molecule has 1 amide bonds. The molecule has 0 aliphatic heterocycles. The molecule has 0 bridgehead atoms. The average Bonchev–Trinajstić information content (AvgIpc) is 2.80. The standard InChI is InChI=1S/C19H27FN4O/c1-6-10-24-14(3)17(13(2)22-24)12-21-19(25)18(23(4)5)15-8-7-9-16(20)11-15/h7-9,11,18H,6,10,12H2,1-5H3,(H,21,25)/t18-/m0/s1. The Bertz CT molecular complexity index is 739. The summed E-state index contributed by atoms with van der Waals surface area (Å²) in [6.45, 7) is 7.37. The number of nitrogens with zero attached hydrogens (tertiary/aromatic N) is 3. The maximum absolute atomic E-state index is 13.5. The van der Waals surface area contributed by atoms with Crippen LogP contribution in [0.1, 0.15) is 41.9 Å². The third-order valence-electron chi connectivity index (χ3n) is 4.34. The zero-order valence-corrected chi connectivity index (χ0v) is 15.6. The molecular weight excluding hydrogens is 319 g/mol. The van der Waals surface area contributed by atoms with Gasteiger partial charge in [-0.3, -0.25) is 14.4 Å². The summed E-state index contributed by atoms with van der Waals surface area (Å²) in [6.07, 6.45) is 1.01. The highest BCUT2D eigenvalue weighted by Crippen LogP contribution is 2.20. The number of carbonyl (C=O) groups is 1. The van der Waals surface area contributed by atoms with Crippen LogP contribution in [0.4, 0.5) is 4.39 Å². The van der Waals surface area contributed by atoms with E-state index in [0.29, 0.717) is 12.1 Å². The Morgan fingerprint density at radius 1 is 1.36 bits per heavy atom. The Morgan fingerprint density at radius 2 is 2.08 bits per heavy atom. The molecule has 2 rings (SSSR count). The second-order valence-electron chi connectivity index (χ2n) is 6.51. The van der Waals surface area contributed by atoms with Gasteiger partial charge in [0.25, 0.3) is 0 Å². The van der Waals surface area contributed by atoms with Crippen molar-refractivity contribution in [3.05, 3.63) is 52.6 Å². The zero-order chi connectivity index (χ0) is 18.6. The molecule has 5 nitrogen and oxygen atoms in total. The van der Waals surface area contributed by atoms with E-state index < -0.39 is 6.04 Å². The van der Waals surface area contributed by atoms with E-state index in [-0.39, 0.29) is 11.7 Å². The van der Waals surface area contributed by atoms with E-state index in [9.17, 15) is 9.18 Å². The SMILES string of the molecule is CCCn1nc(C)c(CNC(=O)[C@H](c2cccc(F)c2)N(C)C)c1C. The monoisotopic (exact) mass is 346 g/mol. The maximum atomic E-state index is 13.5. The van der Waals surface area contributed by atoms with Crippen LogP contribution in [0.25, 0.3) is 0 Å². The largest absolute Gasteiger partial charge is 0.350 e. The first-order chi connectivity index (χ1) is 11.8. The molecule has 0 aliphatic carbocycles. The van der Waals surface area contributed by atoms with Gasteiger partial charge < -0.3 is 5.32 Å². The number of hydrogen-bond donors (Lipinski definition) is 1. The number of benzene rings is 1. The van der Waals surface area contributed by atoms with Gasteiger partial charge in [0.1, 0.15) is 11.9 Å². The number of likely N-dealkylation sites (N-methyl/N-ethyl adjacent to an activating group) is 1. The van der Waals surface area contributed by atoms with Crippen LogP contribution in [0.5, 0.6) is 0 Å². The van der Waals surface area contributed by atoms with Gasteiger partial charge in [-0.2, -0.15) is 5.10 Å². The minimum Gasteiger partial charge on any atom is -0.350 e. The van der Waals surface area contributed by atoms with E-state index in [4.69, 9.17) is 0 Å². The first kappa shape index (κ1) is 19.1. The fraction of sp³-hybridized carbons (Fsp3) is 0.474. The first-order valence-electron chi connectivity index (χ1n) is 8.57. The van der Waals surface area contributed by atoms with E-state index in [1.807, 2.05) is 32.6 Å². The number of hydrogen-bond acceptors (Lipinski definition) is 3. The lowest BCUT2D eigenvalue weighted by Gasteiger charge is -2.24. The highest BCUT2D eigenvalue weighted by Gasteiger charge is 2.23. The van der Waals surface area contributed by atoms with Gasteiger partial charge in [0.15, 0.2) is 0 Å². The second-order valence-corrected chi connectivity index (χ2v) is 6.51. The third kappa shape index (κ3) is 4.45. The molecule has 0 aliphatic rings. The number of carbonyl (C=O) groups excluding carboxylic acids is 1. The zero-order valence-electron chi connectivity index (χ0n) is 15.6. The molecule has 25 heavy (non-hydrogen) atoms. The summed E-state index contributed by atoms with van der Waals surface area (Å²) in [5.41, 5.74) is 3.68. The molecule has 0 radical (unpaired) electrons. The van der Waals surface area contributed by atoms with E-state index in [1.165, 1.54) is 12.1 Å². The first-order valence-corrected chi connectivity index (χ1v) is 8.57. The number of aryl methyl sites for hydroxylation is 2. The average molecular weight is 346 g/mol. The van der Waals surface area contributed by atoms with Crippen LogP contribution in [-0.4, -0.2) is 34.7 Å². The Hall–Kier alpha value is -2.21. The molecule has 1 aromatic heterocycles. The Morgan fingerprint density at radius 3 is 2.68 bits per heavy atom. The van der Waals surface area contributed by atoms with E-state index >= 15 is 0 Å². The molecule has 0 fully saturated rings. The van der Waals surface area contributed by atoms with Gasteiger partial charge in [0.2, 0.25) is 5.91 Å². The molecule has 0 saturated carbocycles. The van der Waals surface area contributed by atoms with Crippen LogP contribution < -0.4 is 5.32 Å². The van der Waals surface area contributed by atoms with E-state index in [2.05, 4.69) is 17.3 Å². The molecule has 0 spiro atoms. The normalized spacial score (nSPS) is 12.4. The maximum Gasteiger partial charge on any atom is 0.242 e. The molecule has 1 atom stereocenters. The highest BCUT2D eigenvalue weighted by atomic mass is 19.1. The predicted octanol–water partition coefficient (Wildman–Crippen LogP) is 2.97. The van der Waals surface area contributed by atoms with Gasteiger partial charge in [0, 0.05) is 24.3 Å². The molecule has 0 unspecified atom stereocenters. The molecule has 2 aromatic rings. The molecule has 136 valence electrons. The summed E-state index contributed by atoms with van der Waals surface area (Å²) in [6, 6.07) is 5.63. The number of amides is 1. The second kappa shape index (κ2) is 8.25. The van der Waals surface area contributed by atoms with Crippen LogP contribution in [0.3, 0.4) is 0 Å². The van der Waals surface area contributed by atoms with Crippen molar-refractivity contribution in [1.82, 2.24) is 20.0 Å². The van der Waals surface area contributed by atoms with Gasteiger partial charge in [-0.1, -0.05) is 19.1 Å². The molecule has 1 heterocycles. The van der Waals surface area contributed by atoms with Gasteiger partial charge in [-0.05, 0) is 52.1 Å². The number of aromatic nitrogens is 2. The summed E-state index contributed by atoms with van der Waals surface area (Å²) in [5, 5.41) is 7.51. The van der Waals surface area contributed by atoms with E-state index in [0.717, 1.165) is 29.9 Å². The van der Waals surface area contributed by atoms with Crippen molar-refractivity contribution in [2.75, 3.05) is 14.1 Å². The fourth-order valence-corrected chi connectivity index (χ4v) is 3.05. The number of rotatable bonds is 7. The van der Waals surface area contributed by atoms with Crippen LogP contribution in [0.2, 0.25) is 0 Å². The minimum absolute atomic E-state index is 0.155. The van der Waals surface area contributed by atoms with Crippen molar-refractivity contribution in [2.24, 2.45) is 0 Å². The lowest BCUT2D eigenvalue weighted by molar-refractivity contribution is -0.125. The third-order valence-corrected chi connectivity index (χ3v) is 4.34. The summed E-state index contributed by atoms with van der Waals surface area (Å²) in [4.78, 5) is 14.5. The van der Waals surface area contributed by atoms with Gasteiger partial charge >= 0.3 is 0 Å². The summed E-state index contributed by atoms with van der Waals surface area (Å²) in [7, 11) is 3.62. The van der Waals surface area contributed by atoms with Crippen molar-refractivity contribution >= 4 is 5.91 Å². The lowest BCUT2D eigenvalue weighted by Crippen LogP contribution is -2.37. The molecular formula is C19H27FN4O. The van der Waals surface area contributed by atoms with Crippen molar-refractivity contribution in [2.45, 2.75) is 46.3 Å². The molecule has 1 aromatic carbocycles. The Balaban J connectivity index is 2.15. The van der Waals surface area contributed by atoms with Crippen LogP contribution in [0, 0.1) is 19.7 Å². The number of halogens is 1. The van der Waals surface area contributed by atoms with Crippen LogP contribution in [0.15, 0.2) is 24.3 Å². The number of nitrogens with one attached hydrogen (secondary N) is 1. The topological polar surface area (TPSA) is 50.2 Å². The van der Waals surface area contributed by atoms with Crippen molar-refractivity contribution < 1.29 is 9.18 Å². The predicted molar refractivity (Wildman–Crippen MR) is 96.7 cm³/mol. The summed E-state index contributed by atoms with van der Waals surface area (Å²) < 4.78 is 15.5. The Kier molecular flexibility index (Phi) is 6.31. The van der Waals surface area contributed by atoms with Crippen molar-refractivity contribution in [3.63, 3.8) is 0 Å². The van der Waals surface area contributed by atoms with Crippen molar-refractivity contribution in [1.29, 1.82) is 0 Å². The van der Waals surface area contributed by atoms with Gasteiger partial charge in [0.05, 0.1) is 5.69 Å². The Labute approximate surface area is 148 Å². The molecule has 0 saturated heterocycles. The highest BCUT2D eigenvalue weighted by molar-refractivity contribution is 5.83.